The molecular formula is C23H30N2O3. The highest BCUT2D eigenvalue weighted by atomic mass is 16.6. The Hall–Kier alpha value is -2.37. The number of ether oxygens (including phenoxy) is 2. The number of hydrogen-bond donors (Lipinski definition) is 0. The minimum atomic E-state index is -0.249. The zero-order chi connectivity index (χ0) is 19.8. The molecule has 0 radical (unpaired) electrons. The predicted octanol–water partition coefficient (Wildman–Crippen LogP) is 3.93. The molecule has 2 aromatic rings. The van der Waals surface area contributed by atoms with Gasteiger partial charge in [0, 0.05) is 32.8 Å². The summed E-state index contributed by atoms with van der Waals surface area (Å²) >= 11 is 0. The molecule has 0 spiro atoms. The lowest BCUT2D eigenvalue weighted by Crippen LogP contribution is -2.55. The molecule has 0 bridgehead atoms. The van der Waals surface area contributed by atoms with Crippen LogP contribution < -0.4 is 0 Å². The van der Waals surface area contributed by atoms with Crippen LogP contribution in [0.4, 0.5) is 4.79 Å². The number of likely N-dealkylation sites (tertiary alicyclic amines) is 1. The van der Waals surface area contributed by atoms with Crippen molar-refractivity contribution in [1.29, 1.82) is 0 Å². The minimum Gasteiger partial charge on any atom is -0.450 e. The Morgan fingerprint density at radius 1 is 1.04 bits per heavy atom. The summed E-state index contributed by atoms with van der Waals surface area (Å²) in [7, 11) is 1.73. The molecule has 1 amide bonds. The van der Waals surface area contributed by atoms with E-state index in [-0.39, 0.29) is 18.2 Å². The second-order valence-electron chi connectivity index (χ2n) is 7.15. The van der Waals surface area contributed by atoms with Crippen molar-refractivity contribution < 1.29 is 14.3 Å². The SMILES string of the molecule is CCOC(=O)N1CC[C@@H](N(Cc2ccccc2)Cc2ccccc2)[C@@H](OC)C1. The molecule has 2 aromatic carbocycles. The molecule has 5 heteroatoms. The quantitative estimate of drug-likeness (QED) is 0.728. The third-order valence-corrected chi connectivity index (χ3v) is 5.28. The molecule has 1 aliphatic heterocycles. The first-order valence-corrected chi connectivity index (χ1v) is 9.97. The maximum Gasteiger partial charge on any atom is 0.409 e. The van der Waals surface area contributed by atoms with Crippen LogP contribution in [0.5, 0.6) is 0 Å². The van der Waals surface area contributed by atoms with Crippen LogP contribution in [0.2, 0.25) is 0 Å². The summed E-state index contributed by atoms with van der Waals surface area (Å²) in [4.78, 5) is 16.4. The Kier molecular flexibility index (Phi) is 7.46. The number of nitrogens with zero attached hydrogens (tertiary/aromatic N) is 2. The third-order valence-electron chi connectivity index (χ3n) is 5.28. The van der Waals surface area contributed by atoms with Gasteiger partial charge in [0.1, 0.15) is 0 Å². The van der Waals surface area contributed by atoms with Gasteiger partial charge in [0.05, 0.1) is 19.3 Å². The van der Waals surface area contributed by atoms with E-state index in [9.17, 15) is 4.79 Å². The zero-order valence-electron chi connectivity index (χ0n) is 16.8. The van der Waals surface area contributed by atoms with Crippen LogP contribution in [0.15, 0.2) is 60.7 Å². The van der Waals surface area contributed by atoms with Crippen LogP contribution in [-0.4, -0.2) is 54.8 Å². The Morgan fingerprint density at radius 3 is 2.11 bits per heavy atom. The molecule has 0 N–H and O–H groups in total. The molecule has 1 heterocycles. The highest BCUT2D eigenvalue weighted by molar-refractivity contribution is 5.67. The second-order valence-corrected chi connectivity index (χ2v) is 7.15. The molecule has 0 unspecified atom stereocenters. The fraction of sp³-hybridized carbons (Fsp3) is 0.435. The molecular weight excluding hydrogens is 352 g/mol. The van der Waals surface area contributed by atoms with Crippen LogP contribution in [0.3, 0.4) is 0 Å². The molecule has 1 saturated heterocycles. The number of amides is 1. The number of benzene rings is 2. The molecule has 5 nitrogen and oxygen atoms in total. The van der Waals surface area contributed by atoms with Gasteiger partial charge in [0.25, 0.3) is 0 Å². The van der Waals surface area contributed by atoms with E-state index in [1.165, 1.54) is 11.1 Å². The molecule has 2 atom stereocenters. The van der Waals surface area contributed by atoms with Gasteiger partial charge in [0.2, 0.25) is 0 Å². The molecule has 1 fully saturated rings. The summed E-state index contributed by atoms with van der Waals surface area (Å²) < 4.78 is 11.0. The molecule has 28 heavy (non-hydrogen) atoms. The van der Waals surface area contributed by atoms with Gasteiger partial charge in [-0.15, -0.1) is 0 Å². The van der Waals surface area contributed by atoms with Crippen LogP contribution in [0.25, 0.3) is 0 Å². The molecule has 150 valence electrons. The van der Waals surface area contributed by atoms with Gasteiger partial charge in [0.15, 0.2) is 0 Å². The number of piperidine rings is 1. The molecule has 0 saturated carbocycles. The van der Waals surface area contributed by atoms with Crippen molar-refractivity contribution in [3.63, 3.8) is 0 Å². The first-order chi connectivity index (χ1) is 13.7. The molecule has 1 aliphatic rings. The minimum absolute atomic E-state index is 0.0504. The fourth-order valence-electron chi connectivity index (χ4n) is 3.86. The average Bonchev–Trinajstić information content (AvgIpc) is 2.74. The lowest BCUT2D eigenvalue weighted by Gasteiger charge is -2.43. The molecule has 0 aromatic heterocycles. The van der Waals surface area contributed by atoms with Gasteiger partial charge in [-0.25, -0.2) is 4.79 Å². The van der Waals surface area contributed by atoms with Crippen molar-refractivity contribution in [2.75, 3.05) is 26.8 Å². The fourth-order valence-corrected chi connectivity index (χ4v) is 3.86. The van der Waals surface area contributed by atoms with Crippen molar-refractivity contribution in [3.8, 4) is 0 Å². The summed E-state index contributed by atoms with van der Waals surface area (Å²) in [6, 6.07) is 21.3. The van der Waals surface area contributed by atoms with Gasteiger partial charge in [-0.2, -0.15) is 0 Å². The van der Waals surface area contributed by atoms with Crippen LogP contribution in [0.1, 0.15) is 24.5 Å². The lowest BCUT2D eigenvalue weighted by molar-refractivity contribution is -0.0413. The molecule has 3 rings (SSSR count). The maximum atomic E-state index is 12.2. The van der Waals surface area contributed by atoms with Crippen molar-refractivity contribution in [2.24, 2.45) is 0 Å². The van der Waals surface area contributed by atoms with Crippen LogP contribution in [-0.2, 0) is 22.6 Å². The average molecular weight is 383 g/mol. The summed E-state index contributed by atoms with van der Waals surface area (Å²) in [5.41, 5.74) is 2.56. The summed E-state index contributed by atoms with van der Waals surface area (Å²) in [6.07, 6.45) is 0.558. The van der Waals surface area contributed by atoms with Gasteiger partial charge in [-0.05, 0) is 24.5 Å². The summed E-state index contributed by atoms with van der Waals surface area (Å²) in [6.45, 7) is 5.16. The monoisotopic (exact) mass is 382 g/mol. The van der Waals surface area contributed by atoms with E-state index in [0.717, 1.165) is 19.5 Å². The normalized spacial score (nSPS) is 19.6. The highest BCUT2D eigenvalue weighted by Gasteiger charge is 2.35. The van der Waals surface area contributed by atoms with Crippen molar-refractivity contribution in [2.45, 2.75) is 38.6 Å². The third kappa shape index (κ3) is 5.33. The Labute approximate surface area is 167 Å². The molecule has 0 aliphatic carbocycles. The van der Waals surface area contributed by atoms with E-state index in [1.807, 2.05) is 19.1 Å². The first-order valence-electron chi connectivity index (χ1n) is 9.97. The van der Waals surface area contributed by atoms with Crippen molar-refractivity contribution in [1.82, 2.24) is 9.80 Å². The van der Waals surface area contributed by atoms with Crippen LogP contribution in [0, 0.1) is 0 Å². The van der Waals surface area contributed by atoms with Gasteiger partial charge >= 0.3 is 6.09 Å². The van der Waals surface area contributed by atoms with E-state index >= 15 is 0 Å². The van der Waals surface area contributed by atoms with E-state index < -0.39 is 0 Å². The zero-order valence-corrected chi connectivity index (χ0v) is 16.8. The largest absolute Gasteiger partial charge is 0.450 e. The van der Waals surface area contributed by atoms with E-state index in [4.69, 9.17) is 9.47 Å². The van der Waals surface area contributed by atoms with E-state index in [0.29, 0.717) is 19.7 Å². The Balaban J connectivity index is 1.77. The van der Waals surface area contributed by atoms with Crippen LogP contribution >= 0.6 is 0 Å². The van der Waals surface area contributed by atoms with E-state index in [1.54, 1.807) is 12.0 Å². The number of carbonyl (C=O) groups excluding carboxylic acids is 1. The van der Waals surface area contributed by atoms with Gasteiger partial charge < -0.3 is 14.4 Å². The summed E-state index contributed by atoms with van der Waals surface area (Å²) in [5.74, 6) is 0. The smallest absolute Gasteiger partial charge is 0.409 e. The number of rotatable bonds is 7. The van der Waals surface area contributed by atoms with Crippen molar-refractivity contribution in [3.05, 3.63) is 71.8 Å². The Morgan fingerprint density at radius 2 is 1.61 bits per heavy atom. The summed E-state index contributed by atoms with van der Waals surface area (Å²) in [5, 5.41) is 0. The first kappa shape index (κ1) is 20.4. The van der Waals surface area contributed by atoms with Gasteiger partial charge in [-0.1, -0.05) is 60.7 Å². The Bertz CT molecular complexity index is 682. The number of hydrogen-bond acceptors (Lipinski definition) is 4. The number of methoxy groups -OCH3 is 1. The van der Waals surface area contributed by atoms with E-state index in [2.05, 4.69) is 53.4 Å². The lowest BCUT2D eigenvalue weighted by atomic mass is 9.98. The van der Waals surface area contributed by atoms with Gasteiger partial charge in [-0.3, -0.25) is 4.90 Å². The van der Waals surface area contributed by atoms with Crippen molar-refractivity contribution >= 4 is 6.09 Å². The highest BCUT2D eigenvalue weighted by Crippen LogP contribution is 2.24. The maximum absolute atomic E-state index is 12.2. The predicted molar refractivity (Wildman–Crippen MR) is 110 cm³/mol. The standard InChI is InChI=1S/C23H30N2O3/c1-3-28-23(26)24-15-14-21(22(18-24)27-2)25(16-19-10-6-4-7-11-19)17-20-12-8-5-9-13-20/h4-13,21-22H,3,14-18H2,1-2H3/t21-,22+/m1/s1. The number of carbonyl (C=O) groups is 1. The topological polar surface area (TPSA) is 42.0 Å². The second kappa shape index (κ2) is 10.2.